The Hall–Kier alpha value is -2.23. The van der Waals surface area contributed by atoms with Gasteiger partial charge in [0.05, 0.1) is 0 Å². The van der Waals surface area contributed by atoms with Crippen molar-refractivity contribution >= 4 is 5.97 Å². The van der Waals surface area contributed by atoms with Gasteiger partial charge in [0.15, 0.2) is 0 Å². The van der Waals surface area contributed by atoms with Crippen LogP contribution in [0.2, 0.25) is 0 Å². The summed E-state index contributed by atoms with van der Waals surface area (Å²) in [7, 11) is 0. The fourth-order valence-electron chi connectivity index (χ4n) is 3.52. The van der Waals surface area contributed by atoms with Crippen LogP contribution in [0.15, 0.2) is 29.9 Å². The second-order valence-corrected chi connectivity index (χ2v) is 6.63. The van der Waals surface area contributed by atoms with Crippen molar-refractivity contribution in [2.24, 2.45) is 5.92 Å². The number of carboxylic acid groups (broad SMARTS) is 1. The molecule has 0 unspecified atom stereocenters. The Morgan fingerprint density at radius 2 is 2.15 bits per heavy atom. The minimum absolute atomic E-state index is 0.0837. The predicted octanol–water partition coefficient (Wildman–Crippen LogP) is 5.54. The third-order valence-corrected chi connectivity index (χ3v) is 4.76. The van der Waals surface area contributed by atoms with E-state index in [0.29, 0.717) is 6.42 Å². The molecule has 0 aliphatic heterocycles. The zero-order valence-electron chi connectivity index (χ0n) is 23.9. The van der Waals surface area contributed by atoms with Gasteiger partial charge in [0, 0.05) is 23.8 Å². The van der Waals surface area contributed by atoms with Gasteiger partial charge in [-0.25, -0.2) is 4.79 Å². The largest absolute Gasteiger partial charge is 0.507 e. The molecule has 0 saturated carbocycles. The summed E-state index contributed by atoms with van der Waals surface area (Å²) in [5.41, 5.74) is 0.358. The van der Waals surface area contributed by atoms with E-state index < -0.39 is 66.9 Å². The number of aromatic carboxylic acids is 1. The molecule has 3 N–H and O–H groups in total. The van der Waals surface area contributed by atoms with E-state index in [1.807, 2.05) is 6.92 Å². The quantitative estimate of drug-likeness (QED) is 0.553. The Balaban J connectivity index is 2.70. The molecule has 0 heterocycles. The molecular formula is C22H30O4. The number of carbonyl (C=O) groups is 1. The van der Waals surface area contributed by atoms with E-state index in [-0.39, 0.29) is 11.5 Å². The van der Waals surface area contributed by atoms with Crippen molar-refractivity contribution in [1.82, 2.24) is 0 Å². The van der Waals surface area contributed by atoms with Gasteiger partial charge in [0.25, 0.3) is 0 Å². The minimum atomic E-state index is -3.63. The highest BCUT2D eigenvalue weighted by Crippen LogP contribution is 2.48. The van der Waals surface area contributed by atoms with Crippen LogP contribution in [0.3, 0.4) is 0 Å². The SMILES string of the molecule is [2H]C([2H])([2H])C([2H])([2H])C([2H])([2H])C([2H])([2H])Cc1cc(O)c([C@@H]2C=C(C)CC[C@H]2C(=C)C)c(O)c1C(=O)O. The van der Waals surface area contributed by atoms with Crippen molar-refractivity contribution in [2.75, 3.05) is 0 Å². The fraction of sp³-hybridized carbons (Fsp3) is 0.500. The Morgan fingerprint density at radius 1 is 1.42 bits per heavy atom. The molecule has 0 fully saturated rings. The summed E-state index contributed by atoms with van der Waals surface area (Å²) in [5.74, 6) is -3.85. The summed E-state index contributed by atoms with van der Waals surface area (Å²) < 4.78 is 69.7. The molecule has 26 heavy (non-hydrogen) atoms. The van der Waals surface area contributed by atoms with Crippen LogP contribution >= 0.6 is 0 Å². The molecule has 0 spiro atoms. The number of allylic oxidation sites excluding steroid dienone is 3. The maximum atomic E-state index is 12.1. The molecule has 0 saturated heterocycles. The van der Waals surface area contributed by atoms with E-state index >= 15 is 0 Å². The highest BCUT2D eigenvalue weighted by atomic mass is 16.4. The van der Waals surface area contributed by atoms with Crippen LogP contribution in [0.4, 0.5) is 0 Å². The summed E-state index contributed by atoms with van der Waals surface area (Å²) in [6.45, 7) is 4.07. The lowest BCUT2D eigenvalue weighted by Crippen LogP contribution is -2.18. The zero-order valence-corrected chi connectivity index (χ0v) is 14.9. The van der Waals surface area contributed by atoms with Crippen molar-refractivity contribution in [1.29, 1.82) is 0 Å². The number of phenolic OH excluding ortho intramolecular Hbond substituents is 1. The standard InChI is InChI=1S/C22H30O4/c1-5-6-7-8-15-12-18(23)20(21(24)19(15)22(25)26)17-11-14(4)9-10-16(17)13(2)3/h11-12,16-17,23-24H,2,5-10H2,1,3-4H3,(H,25,26)/t16-,17+/m0/s1/i1D3,5D2,6D2,7D2. The number of aryl methyl sites for hydroxylation is 1. The Labute approximate surface area is 168 Å². The van der Waals surface area contributed by atoms with Crippen LogP contribution in [0, 0.1) is 5.92 Å². The van der Waals surface area contributed by atoms with Crippen molar-refractivity contribution in [2.45, 2.75) is 65.0 Å². The van der Waals surface area contributed by atoms with Gasteiger partial charge in [0.1, 0.15) is 17.1 Å². The van der Waals surface area contributed by atoms with E-state index in [9.17, 15) is 20.1 Å². The molecule has 2 atom stereocenters. The van der Waals surface area contributed by atoms with Gasteiger partial charge in [-0.05, 0) is 57.0 Å². The molecule has 1 aromatic rings. The van der Waals surface area contributed by atoms with Crippen molar-refractivity contribution in [3.05, 3.63) is 46.6 Å². The summed E-state index contributed by atoms with van der Waals surface area (Å²) >= 11 is 0. The number of hydrogen-bond acceptors (Lipinski definition) is 3. The number of hydrogen-bond donors (Lipinski definition) is 3. The van der Waals surface area contributed by atoms with Gasteiger partial charge in [0.2, 0.25) is 0 Å². The van der Waals surface area contributed by atoms with Gasteiger partial charge >= 0.3 is 5.97 Å². The maximum absolute atomic E-state index is 12.1. The second kappa shape index (κ2) is 8.43. The molecule has 1 aliphatic carbocycles. The normalized spacial score (nSPS) is 27.2. The van der Waals surface area contributed by atoms with Crippen LogP contribution in [-0.4, -0.2) is 21.3 Å². The first kappa shape index (κ1) is 10.8. The Morgan fingerprint density at radius 3 is 2.77 bits per heavy atom. The zero-order chi connectivity index (χ0) is 27.3. The lowest BCUT2D eigenvalue weighted by atomic mass is 9.73. The number of phenols is 2. The van der Waals surface area contributed by atoms with Crippen molar-refractivity contribution < 1.29 is 32.5 Å². The smallest absolute Gasteiger partial charge is 0.339 e. The first-order valence-corrected chi connectivity index (χ1v) is 8.31. The first-order valence-electron chi connectivity index (χ1n) is 12.8. The van der Waals surface area contributed by atoms with Crippen molar-refractivity contribution in [3.63, 3.8) is 0 Å². The molecule has 142 valence electrons. The molecule has 4 nitrogen and oxygen atoms in total. The van der Waals surface area contributed by atoms with Gasteiger partial charge in [-0.1, -0.05) is 43.4 Å². The molecule has 0 radical (unpaired) electrons. The molecule has 4 heteroatoms. The van der Waals surface area contributed by atoms with Gasteiger partial charge in [-0.15, -0.1) is 0 Å². The van der Waals surface area contributed by atoms with E-state index in [4.69, 9.17) is 12.3 Å². The summed E-state index contributed by atoms with van der Waals surface area (Å²) in [4.78, 5) is 12.1. The third kappa shape index (κ3) is 4.12. The average Bonchev–Trinajstić information content (AvgIpc) is 2.65. The van der Waals surface area contributed by atoms with Crippen LogP contribution in [0.5, 0.6) is 11.5 Å². The molecule has 1 aliphatic rings. The molecule has 2 rings (SSSR count). The van der Waals surface area contributed by atoms with Crippen LogP contribution in [-0.2, 0) is 6.42 Å². The van der Waals surface area contributed by atoms with Crippen molar-refractivity contribution in [3.8, 4) is 11.5 Å². The minimum Gasteiger partial charge on any atom is -0.507 e. The average molecular weight is 368 g/mol. The van der Waals surface area contributed by atoms with E-state index in [0.717, 1.165) is 23.6 Å². The first-order chi connectivity index (χ1) is 15.7. The lowest BCUT2D eigenvalue weighted by Gasteiger charge is -2.32. The van der Waals surface area contributed by atoms with Crippen LogP contribution < -0.4 is 0 Å². The van der Waals surface area contributed by atoms with E-state index in [1.54, 1.807) is 13.0 Å². The molecule has 0 amide bonds. The third-order valence-electron chi connectivity index (χ3n) is 4.76. The Bertz CT molecular complexity index is 1060. The molecule has 0 bridgehead atoms. The number of benzene rings is 1. The molecule has 1 aromatic carbocycles. The van der Waals surface area contributed by atoms with Gasteiger partial charge in [-0.2, -0.15) is 0 Å². The van der Waals surface area contributed by atoms with E-state index in [1.165, 1.54) is 0 Å². The lowest BCUT2D eigenvalue weighted by molar-refractivity contribution is 0.0692. The van der Waals surface area contributed by atoms with Gasteiger partial charge < -0.3 is 15.3 Å². The van der Waals surface area contributed by atoms with Gasteiger partial charge in [-0.3, -0.25) is 0 Å². The van der Waals surface area contributed by atoms with Crippen LogP contribution in [0.25, 0.3) is 0 Å². The highest BCUT2D eigenvalue weighted by Gasteiger charge is 2.32. The predicted molar refractivity (Wildman–Crippen MR) is 104 cm³/mol. The van der Waals surface area contributed by atoms with E-state index in [2.05, 4.69) is 6.58 Å². The highest BCUT2D eigenvalue weighted by molar-refractivity contribution is 5.94. The number of aromatic hydroxyl groups is 2. The topological polar surface area (TPSA) is 77.8 Å². The van der Waals surface area contributed by atoms with Crippen LogP contribution in [0.1, 0.15) is 92.4 Å². The second-order valence-electron chi connectivity index (χ2n) is 6.63. The molecular weight excluding hydrogens is 328 g/mol. The summed E-state index contributed by atoms with van der Waals surface area (Å²) in [6.07, 6.45) is -8.39. The summed E-state index contributed by atoms with van der Waals surface area (Å²) in [5, 5.41) is 31.6. The maximum Gasteiger partial charge on any atom is 0.339 e. The Kier molecular flexibility index (Phi) is 3.51. The number of rotatable bonds is 7. The monoisotopic (exact) mass is 367 g/mol. The number of carboxylic acids is 1. The molecule has 0 aromatic heterocycles. The fourth-order valence-corrected chi connectivity index (χ4v) is 3.52. The summed E-state index contributed by atoms with van der Waals surface area (Å²) in [6, 6.07) is 0.907.